The number of rotatable bonds is 1. The molecule has 1 aliphatic carbocycles. The number of carbonyl (C=O) groups is 1. The van der Waals surface area contributed by atoms with Gasteiger partial charge in [-0.05, 0) is 29.5 Å². The van der Waals surface area contributed by atoms with Crippen LogP contribution in [0.1, 0.15) is 54.9 Å². The molecule has 2 aromatic rings. The Labute approximate surface area is 172 Å². The van der Waals surface area contributed by atoms with Crippen LogP contribution in [0.2, 0.25) is 0 Å². The number of phenols is 2. The van der Waals surface area contributed by atoms with Crippen LogP contribution >= 0.6 is 0 Å². The van der Waals surface area contributed by atoms with Crippen LogP contribution in [0.25, 0.3) is 0 Å². The molecular formula is C23H18N4O3. The minimum Gasteiger partial charge on any atom is -0.505 e. The molecule has 1 unspecified atom stereocenters. The first kappa shape index (κ1) is 18.3. The molecule has 2 heterocycles. The Morgan fingerprint density at radius 1 is 1.10 bits per heavy atom. The zero-order chi connectivity index (χ0) is 21.2. The number of ketones is 1. The lowest BCUT2D eigenvalue weighted by Gasteiger charge is -2.36. The highest BCUT2D eigenvalue weighted by Gasteiger charge is 2.42. The third-order valence-electron chi connectivity index (χ3n) is 5.91. The smallest absolute Gasteiger partial charge is 0.162 e. The number of nitrogens with zero attached hydrogens (tertiary/aromatic N) is 4. The van der Waals surface area contributed by atoms with Crippen LogP contribution in [0, 0.1) is 16.7 Å². The third kappa shape index (κ3) is 2.50. The van der Waals surface area contributed by atoms with E-state index >= 15 is 0 Å². The molecule has 0 fully saturated rings. The van der Waals surface area contributed by atoms with Crippen molar-refractivity contribution in [1.29, 1.82) is 5.26 Å². The van der Waals surface area contributed by atoms with Gasteiger partial charge >= 0.3 is 0 Å². The fraction of sp³-hybridized carbons (Fsp3) is 0.261. The molecule has 5 rings (SSSR count). The fourth-order valence-electron chi connectivity index (χ4n) is 4.58. The SMILES string of the molecule is CC1(C)CC(=O)C2=C(C1)N=c1c(O)c3c(c(O)c1C2c1ccc(C#N)cc1)=NN=C3. The molecule has 0 amide bonds. The summed E-state index contributed by atoms with van der Waals surface area (Å²) in [5.41, 5.74) is 2.79. The highest BCUT2D eigenvalue weighted by atomic mass is 16.3. The van der Waals surface area contributed by atoms with E-state index in [-0.39, 0.29) is 33.4 Å². The van der Waals surface area contributed by atoms with Gasteiger partial charge in [0, 0.05) is 29.2 Å². The van der Waals surface area contributed by atoms with Crippen LogP contribution in [-0.4, -0.2) is 22.2 Å². The van der Waals surface area contributed by atoms with Crippen molar-refractivity contribution < 1.29 is 15.0 Å². The van der Waals surface area contributed by atoms with Crippen molar-refractivity contribution >= 4 is 12.0 Å². The van der Waals surface area contributed by atoms with E-state index in [4.69, 9.17) is 5.26 Å². The summed E-state index contributed by atoms with van der Waals surface area (Å²) >= 11 is 0. The normalized spacial score (nSPS) is 20.6. The van der Waals surface area contributed by atoms with Crippen molar-refractivity contribution in [3.05, 3.63) is 68.5 Å². The lowest BCUT2D eigenvalue weighted by atomic mass is 9.69. The van der Waals surface area contributed by atoms with Gasteiger partial charge in [-0.1, -0.05) is 26.0 Å². The van der Waals surface area contributed by atoms with Gasteiger partial charge in [0.05, 0.1) is 23.4 Å². The summed E-state index contributed by atoms with van der Waals surface area (Å²) in [6.45, 7) is 4.03. The average molecular weight is 398 g/mol. The fourth-order valence-corrected chi connectivity index (χ4v) is 4.58. The van der Waals surface area contributed by atoms with Gasteiger partial charge in [-0.15, -0.1) is 5.10 Å². The quantitative estimate of drug-likeness (QED) is 0.717. The van der Waals surface area contributed by atoms with Crippen LogP contribution < -0.4 is 10.7 Å². The van der Waals surface area contributed by atoms with Crippen LogP contribution in [-0.2, 0) is 4.79 Å². The van der Waals surface area contributed by atoms with Crippen molar-refractivity contribution in [3.63, 3.8) is 0 Å². The summed E-state index contributed by atoms with van der Waals surface area (Å²) in [7, 11) is 0. The van der Waals surface area contributed by atoms with Gasteiger partial charge in [-0.25, -0.2) is 4.99 Å². The summed E-state index contributed by atoms with van der Waals surface area (Å²) in [6, 6.07) is 8.98. The van der Waals surface area contributed by atoms with Crippen LogP contribution in [0.4, 0.5) is 0 Å². The molecule has 0 aromatic heterocycles. The largest absolute Gasteiger partial charge is 0.505 e. The van der Waals surface area contributed by atoms with E-state index in [1.54, 1.807) is 24.3 Å². The molecule has 2 aliphatic heterocycles. The number of aromatic hydroxyl groups is 2. The van der Waals surface area contributed by atoms with Gasteiger partial charge in [0.15, 0.2) is 11.5 Å². The van der Waals surface area contributed by atoms with E-state index in [1.165, 1.54) is 6.21 Å². The second kappa shape index (κ2) is 6.10. The number of Topliss-reactive ketones (excluding diaryl/α,β-unsaturated/α-hetero) is 1. The van der Waals surface area contributed by atoms with Crippen molar-refractivity contribution in [3.8, 4) is 17.6 Å². The summed E-state index contributed by atoms with van der Waals surface area (Å²) in [5.74, 6) is -0.894. The van der Waals surface area contributed by atoms with E-state index in [1.807, 2.05) is 13.8 Å². The van der Waals surface area contributed by atoms with Crippen LogP contribution in [0.3, 0.4) is 0 Å². The van der Waals surface area contributed by atoms with Gasteiger partial charge < -0.3 is 10.2 Å². The summed E-state index contributed by atoms with van der Waals surface area (Å²) in [5, 5.41) is 39.3. The second-order valence-corrected chi connectivity index (χ2v) is 8.65. The number of benzene rings is 2. The highest BCUT2D eigenvalue weighted by Crippen LogP contribution is 2.47. The molecule has 30 heavy (non-hydrogen) atoms. The van der Waals surface area contributed by atoms with E-state index < -0.39 is 5.92 Å². The van der Waals surface area contributed by atoms with Crippen molar-refractivity contribution in [1.82, 2.24) is 0 Å². The second-order valence-electron chi connectivity index (χ2n) is 8.65. The molecule has 2 aromatic carbocycles. The van der Waals surface area contributed by atoms with E-state index in [2.05, 4.69) is 21.3 Å². The monoisotopic (exact) mass is 398 g/mol. The van der Waals surface area contributed by atoms with Crippen LogP contribution in [0.15, 0.2) is 50.7 Å². The molecule has 148 valence electrons. The maximum atomic E-state index is 13.2. The first-order chi connectivity index (χ1) is 14.3. The molecule has 0 radical (unpaired) electrons. The van der Waals surface area contributed by atoms with Crippen molar-refractivity contribution in [2.45, 2.75) is 32.6 Å². The number of hydrogen-bond donors (Lipinski definition) is 2. The Morgan fingerprint density at radius 3 is 2.53 bits per heavy atom. The maximum Gasteiger partial charge on any atom is 0.162 e. The molecule has 3 aliphatic rings. The standard InChI is InChI=1S/C23H18N4O3/c1-23(2)7-14-17(15(28)8-23)16(12-5-3-11(9-24)4-6-12)18-20(26-14)21(29)13-10-25-27-19(13)22(18)30/h3-6,10,16,29-30H,7-8H2,1-2H3. The number of fused-ring (bicyclic) bond motifs is 2. The van der Waals surface area contributed by atoms with Crippen LogP contribution in [0.5, 0.6) is 11.5 Å². The Kier molecular flexibility index (Phi) is 3.71. The Bertz CT molecular complexity index is 1360. The molecule has 0 saturated carbocycles. The lowest BCUT2D eigenvalue weighted by Crippen LogP contribution is -2.35. The molecule has 0 spiro atoms. The molecule has 1 atom stereocenters. The first-order valence-corrected chi connectivity index (χ1v) is 9.64. The van der Waals surface area contributed by atoms with E-state index in [0.29, 0.717) is 40.8 Å². The number of nitriles is 1. The Morgan fingerprint density at radius 2 is 1.83 bits per heavy atom. The average Bonchev–Trinajstić information content (AvgIpc) is 3.20. The zero-order valence-electron chi connectivity index (χ0n) is 16.5. The van der Waals surface area contributed by atoms with Gasteiger partial charge in [0.1, 0.15) is 16.5 Å². The number of carbonyl (C=O) groups excluding carboxylic acids is 1. The summed E-state index contributed by atoms with van der Waals surface area (Å²) in [4.78, 5) is 17.9. The highest BCUT2D eigenvalue weighted by molar-refractivity contribution is 6.00. The van der Waals surface area contributed by atoms with E-state index in [9.17, 15) is 15.0 Å². The Balaban J connectivity index is 1.87. The third-order valence-corrected chi connectivity index (χ3v) is 5.91. The maximum absolute atomic E-state index is 13.2. The molecule has 0 saturated heterocycles. The Hall–Kier alpha value is -3.79. The topological polar surface area (TPSA) is 118 Å². The molecule has 0 bridgehead atoms. The molecule has 7 heteroatoms. The minimum atomic E-state index is -0.615. The predicted octanol–water partition coefficient (Wildman–Crippen LogP) is 2.34. The molecular weight excluding hydrogens is 380 g/mol. The molecule has 2 N–H and O–H groups in total. The van der Waals surface area contributed by atoms with Crippen molar-refractivity contribution in [2.75, 3.05) is 0 Å². The van der Waals surface area contributed by atoms with Gasteiger partial charge in [-0.3, -0.25) is 4.79 Å². The lowest BCUT2D eigenvalue weighted by molar-refractivity contribution is -0.118. The van der Waals surface area contributed by atoms with Gasteiger partial charge in [0.2, 0.25) is 0 Å². The minimum absolute atomic E-state index is 0.0300. The van der Waals surface area contributed by atoms with E-state index in [0.717, 1.165) is 5.56 Å². The predicted molar refractivity (Wildman–Crippen MR) is 108 cm³/mol. The van der Waals surface area contributed by atoms with Gasteiger partial charge in [-0.2, -0.15) is 10.4 Å². The number of allylic oxidation sites excluding steroid dienone is 2. The van der Waals surface area contributed by atoms with Crippen molar-refractivity contribution in [2.24, 2.45) is 20.6 Å². The summed E-state index contributed by atoms with van der Waals surface area (Å²) in [6.07, 6.45) is 2.33. The number of hydrogen-bond acceptors (Lipinski definition) is 7. The van der Waals surface area contributed by atoms with Gasteiger partial charge in [0.25, 0.3) is 0 Å². The summed E-state index contributed by atoms with van der Waals surface area (Å²) < 4.78 is 0. The number of phenolic OH excluding ortho intramolecular Hbond substituents is 2. The zero-order valence-corrected chi connectivity index (χ0v) is 16.5. The molecule has 7 nitrogen and oxygen atoms in total. The first-order valence-electron chi connectivity index (χ1n) is 9.64.